The molecule has 3 atom stereocenters. The van der Waals surface area contributed by atoms with Crippen molar-refractivity contribution < 1.29 is 13.2 Å². The summed E-state index contributed by atoms with van der Waals surface area (Å²) in [7, 11) is -1.77. The van der Waals surface area contributed by atoms with E-state index in [1.54, 1.807) is 23.5 Å². The van der Waals surface area contributed by atoms with Crippen LogP contribution in [0.2, 0.25) is 0 Å². The summed E-state index contributed by atoms with van der Waals surface area (Å²) in [5, 5.41) is 0. The minimum absolute atomic E-state index is 0.177. The summed E-state index contributed by atoms with van der Waals surface area (Å²) in [5.41, 5.74) is 2.07. The van der Waals surface area contributed by atoms with Crippen molar-refractivity contribution in [2.45, 2.75) is 42.7 Å². The summed E-state index contributed by atoms with van der Waals surface area (Å²) < 4.78 is 34.2. The highest BCUT2D eigenvalue weighted by Crippen LogP contribution is 2.42. The molecule has 2 fully saturated rings. The van der Waals surface area contributed by atoms with Crippen LogP contribution in [-0.2, 0) is 14.8 Å². The van der Waals surface area contributed by atoms with Gasteiger partial charge in [-0.05, 0) is 43.5 Å². The Hall–Kier alpha value is -1.73. The molecule has 2 saturated heterocycles. The SMILES string of the molecule is COC[C@@H]1[C@@H](c2ccccc2)[C@@H]2CN(S(=O)(=O)c3ccccc3C)CCCCN12. The van der Waals surface area contributed by atoms with Crippen LogP contribution in [0.15, 0.2) is 59.5 Å². The Balaban J connectivity index is 1.65. The zero-order chi connectivity index (χ0) is 20.4. The molecule has 0 aliphatic carbocycles. The number of hydrogen-bond acceptors (Lipinski definition) is 4. The topological polar surface area (TPSA) is 49.9 Å². The van der Waals surface area contributed by atoms with Gasteiger partial charge in [-0.2, -0.15) is 4.31 Å². The third-order valence-electron chi connectivity index (χ3n) is 6.38. The molecule has 0 N–H and O–H groups in total. The van der Waals surface area contributed by atoms with Gasteiger partial charge in [0, 0.05) is 38.2 Å². The van der Waals surface area contributed by atoms with Gasteiger partial charge in [-0.15, -0.1) is 0 Å². The summed E-state index contributed by atoms with van der Waals surface area (Å²) in [4.78, 5) is 2.89. The average molecular weight is 415 g/mol. The van der Waals surface area contributed by atoms with Crippen LogP contribution in [0.5, 0.6) is 0 Å². The molecule has 156 valence electrons. The lowest BCUT2D eigenvalue weighted by Crippen LogP contribution is -2.68. The fraction of sp³-hybridized carbons (Fsp3) is 0.478. The van der Waals surface area contributed by atoms with Crippen LogP contribution in [0.4, 0.5) is 0 Å². The van der Waals surface area contributed by atoms with Crippen LogP contribution in [0.1, 0.15) is 29.9 Å². The Morgan fingerprint density at radius 3 is 2.41 bits per heavy atom. The highest BCUT2D eigenvalue weighted by molar-refractivity contribution is 7.89. The van der Waals surface area contributed by atoms with Crippen LogP contribution in [0.25, 0.3) is 0 Å². The van der Waals surface area contributed by atoms with Crippen molar-refractivity contribution in [1.29, 1.82) is 0 Å². The normalized spacial score (nSPS) is 26.2. The van der Waals surface area contributed by atoms with Crippen molar-refractivity contribution in [1.82, 2.24) is 9.21 Å². The highest BCUT2D eigenvalue weighted by atomic mass is 32.2. The van der Waals surface area contributed by atoms with Gasteiger partial charge in [0.15, 0.2) is 0 Å². The zero-order valence-corrected chi connectivity index (χ0v) is 18.0. The van der Waals surface area contributed by atoms with E-state index < -0.39 is 10.0 Å². The Labute approximate surface area is 174 Å². The first kappa shape index (κ1) is 20.5. The minimum atomic E-state index is -3.51. The van der Waals surface area contributed by atoms with Gasteiger partial charge in [-0.25, -0.2) is 8.42 Å². The number of hydrogen-bond donors (Lipinski definition) is 0. The standard InChI is InChI=1S/C23H30N2O3S/c1-18-10-6-7-13-22(18)29(26,27)24-14-8-9-15-25-20(16-24)23(21(25)17-28-2)19-11-4-3-5-12-19/h3-7,10-13,20-21,23H,8-9,14-17H2,1-2H3/t20-,21+,23-/m0/s1. The van der Waals surface area contributed by atoms with Gasteiger partial charge in [0.1, 0.15) is 0 Å². The molecule has 2 aromatic rings. The first-order valence-corrected chi connectivity index (χ1v) is 11.8. The van der Waals surface area contributed by atoms with Crippen LogP contribution in [-0.4, -0.2) is 63.1 Å². The van der Waals surface area contributed by atoms with E-state index in [-0.39, 0.29) is 12.0 Å². The predicted molar refractivity (Wildman–Crippen MR) is 115 cm³/mol. The molecule has 29 heavy (non-hydrogen) atoms. The smallest absolute Gasteiger partial charge is 0.243 e. The number of aryl methyl sites for hydroxylation is 1. The molecule has 0 amide bonds. The van der Waals surface area contributed by atoms with Crippen molar-refractivity contribution in [2.75, 3.05) is 33.4 Å². The van der Waals surface area contributed by atoms with Gasteiger partial charge in [-0.1, -0.05) is 48.5 Å². The molecule has 0 aromatic heterocycles. The van der Waals surface area contributed by atoms with E-state index >= 15 is 0 Å². The number of ether oxygens (including phenoxy) is 1. The maximum Gasteiger partial charge on any atom is 0.243 e. The summed E-state index contributed by atoms with van der Waals surface area (Å²) in [5.74, 6) is 0.281. The zero-order valence-electron chi connectivity index (χ0n) is 17.2. The van der Waals surface area contributed by atoms with Gasteiger partial charge in [0.05, 0.1) is 11.5 Å². The van der Waals surface area contributed by atoms with E-state index in [1.807, 2.05) is 25.1 Å². The molecule has 0 spiro atoms. The second kappa shape index (κ2) is 8.56. The molecule has 2 aliphatic rings. The van der Waals surface area contributed by atoms with Gasteiger partial charge >= 0.3 is 0 Å². The fourth-order valence-corrected chi connectivity index (χ4v) is 6.66. The van der Waals surface area contributed by atoms with Gasteiger partial charge in [0.2, 0.25) is 10.0 Å². The van der Waals surface area contributed by atoms with E-state index in [0.717, 1.165) is 24.9 Å². The molecule has 0 bridgehead atoms. The van der Waals surface area contributed by atoms with Crippen molar-refractivity contribution in [3.8, 4) is 0 Å². The Kier molecular flexibility index (Phi) is 6.06. The molecule has 5 nitrogen and oxygen atoms in total. The number of benzene rings is 2. The third kappa shape index (κ3) is 3.87. The third-order valence-corrected chi connectivity index (χ3v) is 8.40. The summed E-state index contributed by atoms with van der Waals surface area (Å²) in [6, 6.07) is 18.2. The number of methoxy groups -OCH3 is 1. The van der Waals surface area contributed by atoms with Crippen molar-refractivity contribution in [2.24, 2.45) is 0 Å². The van der Waals surface area contributed by atoms with Gasteiger partial charge in [0.25, 0.3) is 0 Å². The monoisotopic (exact) mass is 414 g/mol. The average Bonchev–Trinajstić information content (AvgIpc) is 2.70. The van der Waals surface area contributed by atoms with E-state index in [1.165, 1.54) is 5.56 Å². The van der Waals surface area contributed by atoms with Crippen LogP contribution < -0.4 is 0 Å². The fourth-order valence-electron chi connectivity index (χ4n) is 4.94. The van der Waals surface area contributed by atoms with Crippen molar-refractivity contribution >= 4 is 10.0 Å². The predicted octanol–water partition coefficient (Wildman–Crippen LogP) is 3.26. The van der Waals surface area contributed by atoms with Crippen LogP contribution in [0, 0.1) is 6.92 Å². The molecule has 2 heterocycles. The van der Waals surface area contributed by atoms with E-state index in [9.17, 15) is 8.42 Å². The molecule has 0 unspecified atom stereocenters. The second-order valence-corrected chi connectivity index (χ2v) is 10.0. The van der Waals surface area contributed by atoms with Crippen LogP contribution >= 0.6 is 0 Å². The molecule has 6 heteroatoms. The molecular formula is C23H30N2O3S. The number of sulfonamides is 1. The lowest BCUT2D eigenvalue weighted by molar-refractivity contribution is -0.0635. The molecular weight excluding hydrogens is 384 g/mol. The molecule has 4 rings (SSSR count). The Bertz CT molecular complexity index is 932. The summed E-state index contributed by atoms with van der Waals surface area (Å²) in [6.07, 6.45) is 1.88. The number of nitrogens with zero attached hydrogens (tertiary/aromatic N) is 2. The lowest BCUT2D eigenvalue weighted by atomic mass is 9.74. The maximum absolute atomic E-state index is 13.5. The Morgan fingerprint density at radius 1 is 1.00 bits per heavy atom. The number of rotatable bonds is 5. The largest absolute Gasteiger partial charge is 0.383 e. The second-order valence-electron chi connectivity index (χ2n) is 8.10. The Morgan fingerprint density at radius 2 is 1.69 bits per heavy atom. The minimum Gasteiger partial charge on any atom is -0.383 e. The van der Waals surface area contributed by atoms with E-state index in [2.05, 4.69) is 29.2 Å². The van der Waals surface area contributed by atoms with Crippen LogP contribution in [0.3, 0.4) is 0 Å². The van der Waals surface area contributed by atoms with E-state index in [0.29, 0.717) is 30.6 Å². The highest BCUT2D eigenvalue weighted by Gasteiger charge is 2.50. The van der Waals surface area contributed by atoms with Gasteiger partial charge < -0.3 is 4.74 Å². The quantitative estimate of drug-likeness (QED) is 0.754. The lowest BCUT2D eigenvalue weighted by Gasteiger charge is -2.57. The molecule has 0 saturated carbocycles. The summed E-state index contributed by atoms with van der Waals surface area (Å²) in [6.45, 7) is 4.64. The van der Waals surface area contributed by atoms with Gasteiger partial charge in [-0.3, -0.25) is 4.90 Å². The molecule has 2 aromatic carbocycles. The molecule has 0 radical (unpaired) electrons. The first-order valence-electron chi connectivity index (χ1n) is 10.4. The number of fused-ring (bicyclic) bond motifs is 1. The maximum atomic E-state index is 13.5. The summed E-state index contributed by atoms with van der Waals surface area (Å²) >= 11 is 0. The first-order chi connectivity index (χ1) is 14.0. The van der Waals surface area contributed by atoms with Crippen molar-refractivity contribution in [3.63, 3.8) is 0 Å². The van der Waals surface area contributed by atoms with E-state index in [4.69, 9.17) is 4.74 Å². The molecule has 2 aliphatic heterocycles. The van der Waals surface area contributed by atoms with Crippen molar-refractivity contribution in [3.05, 3.63) is 65.7 Å².